The van der Waals surface area contributed by atoms with E-state index in [1.807, 2.05) is 30.5 Å². The van der Waals surface area contributed by atoms with Crippen LogP contribution in [0.25, 0.3) is 10.9 Å². The highest BCUT2D eigenvalue weighted by molar-refractivity contribution is 5.98. The first-order valence-corrected chi connectivity index (χ1v) is 5.94. The number of hydrogen-bond acceptors (Lipinski definition) is 1. The van der Waals surface area contributed by atoms with Gasteiger partial charge in [-0.25, -0.2) is 0 Å². The van der Waals surface area contributed by atoms with E-state index in [0.29, 0.717) is 6.04 Å². The van der Waals surface area contributed by atoms with E-state index in [4.69, 9.17) is 0 Å². The number of carbonyl (C=O) groups excluding carboxylic acids is 1. The molecule has 1 unspecified atom stereocenters. The Morgan fingerprint density at radius 3 is 2.88 bits per heavy atom. The second-order valence-corrected chi connectivity index (χ2v) is 5.50. The van der Waals surface area contributed by atoms with Crippen molar-refractivity contribution in [1.29, 1.82) is 0 Å². The summed E-state index contributed by atoms with van der Waals surface area (Å²) >= 11 is 0. The fraction of sp³-hybridized carbons (Fsp3) is 0.357. The molecule has 1 amide bonds. The van der Waals surface area contributed by atoms with E-state index in [1.165, 1.54) is 0 Å². The van der Waals surface area contributed by atoms with Crippen LogP contribution in [0.4, 0.5) is 0 Å². The zero-order valence-corrected chi connectivity index (χ0v) is 10.1. The topological polar surface area (TPSA) is 44.9 Å². The minimum Gasteiger partial charge on any atom is -0.361 e. The van der Waals surface area contributed by atoms with Crippen LogP contribution in [0.5, 0.6) is 0 Å². The Balaban J connectivity index is 1.81. The van der Waals surface area contributed by atoms with Crippen molar-refractivity contribution in [1.82, 2.24) is 10.3 Å². The molecule has 0 spiro atoms. The molecule has 1 heterocycles. The van der Waals surface area contributed by atoms with E-state index in [9.17, 15) is 4.79 Å². The molecule has 0 aliphatic heterocycles. The fourth-order valence-electron chi connectivity index (χ4n) is 2.14. The number of nitrogens with one attached hydrogen (secondary N) is 2. The third-order valence-corrected chi connectivity index (χ3v) is 3.64. The normalized spacial score (nSPS) is 21.4. The summed E-state index contributed by atoms with van der Waals surface area (Å²) < 4.78 is 0. The average Bonchev–Trinajstić information content (AvgIpc) is 2.74. The van der Waals surface area contributed by atoms with Crippen LogP contribution < -0.4 is 5.32 Å². The largest absolute Gasteiger partial charge is 0.361 e. The van der Waals surface area contributed by atoms with Gasteiger partial charge in [0.15, 0.2) is 0 Å². The Morgan fingerprint density at radius 1 is 1.41 bits per heavy atom. The summed E-state index contributed by atoms with van der Waals surface area (Å²) in [7, 11) is 0. The van der Waals surface area contributed by atoms with Crippen molar-refractivity contribution in [3.63, 3.8) is 0 Å². The molecular weight excluding hydrogens is 212 g/mol. The molecule has 1 aromatic carbocycles. The standard InChI is InChI=1S/C14H16N2O/c1-14(2)8-12(14)16-13(17)10-4-3-9-5-6-15-11(9)7-10/h3-7,12,15H,8H2,1-2H3,(H,16,17). The van der Waals surface area contributed by atoms with Crippen LogP contribution in [-0.2, 0) is 0 Å². The van der Waals surface area contributed by atoms with Crippen LogP contribution in [0, 0.1) is 5.41 Å². The van der Waals surface area contributed by atoms with Gasteiger partial charge in [-0.1, -0.05) is 19.9 Å². The summed E-state index contributed by atoms with van der Waals surface area (Å²) in [5.74, 6) is 0.0251. The highest BCUT2D eigenvalue weighted by Gasteiger charge is 2.46. The molecule has 1 aliphatic carbocycles. The number of hydrogen-bond donors (Lipinski definition) is 2. The van der Waals surface area contributed by atoms with Gasteiger partial charge in [-0.05, 0) is 35.4 Å². The lowest BCUT2D eigenvalue weighted by molar-refractivity contribution is 0.0946. The van der Waals surface area contributed by atoms with E-state index in [-0.39, 0.29) is 11.3 Å². The SMILES string of the molecule is CC1(C)CC1NC(=O)c1ccc2cc[nH]c2c1. The number of benzene rings is 1. The summed E-state index contributed by atoms with van der Waals surface area (Å²) in [5, 5.41) is 4.20. The predicted molar refractivity (Wildman–Crippen MR) is 68.0 cm³/mol. The minimum atomic E-state index is 0.0251. The van der Waals surface area contributed by atoms with Crippen molar-refractivity contribution in [3.05, 3.63) is 36.0 Å². The summed E-state index contributed by atoms with van der Waals surface area (Å²) in [5.41, 5.74) is 2.00. The van der Waals surface area contributed by atoms with Gasteiger partial charge in [-0.15, -0.1) is 0 Å². The van der Waals surface area contributed by atoms with Crippen molar-refractivity contribution in [2.45, 2.75) is 26.3 Å². The summed E-state index contributed by atoms with van der Waals surface area (Å²) in [6, 6.07) is 8.08. The van der Waals surface area contributed by atoms with Gasteiger partial charge in [-0.2, -0.15) is 0 Å². The van der Waals surface area contributed by atoms with Crippen LogP contribution in [0.1, 0.15) is 30.6 Å². The fourth-order valence-corrected chi connectivity index (χ4v) is 2.14. The Morgan fingerprint density at radius 2 is 2.18 bits per heavy atom. The predicted octanol–water partition coefficient (Wildman–Crippen LogP) is 2.70. The van der Waals surface area contributed by atoms with Gasteiger partial charge in [0.25, 0.3) is 5.91 Å². The first-order chi connectivity index (χ1) is 8.06. The molecule has 1 fully saturated rings. The van der Waals surface area contributed by atoms with Crippen molar-refractivity contribution in [2.75, 3.05) is 0 Å². The van der Waals surface area contributed by atoms with Gasteiger partial charge in [-0.3, -0.25) is 4.79 Å². The van der Waals surface area contributed by atoms with Crippen molar-refractivity contribution >= 4 is 16.8 Å². The smallest absolute Gasteiger partial charge is 0.251 e. The Bertz CT molecular complexity index is 583. The maximum Gasteiger partial charge on any atom is 0.251 e. The van der Waals surface area contributed by atoms with E-state index in [2.05, 4.69) is 24.1 Å². The molecule has 1 atom stereocenters. The number of aromatic nitrogens is 1. The van der Waals surface area contributed by atoms with Crippen LogP contribution in [0.3, 0.4) is 0 Å². The lowest BCUT2D eigenvalue weighted by atomic mass is 10.1. The maximum absolute atomic E-state index is 12.0. The van der Waals surface area contributed by atoms with Crippen molar-refractivity contribution in [2.24, 2.45) is 5.41 Å². The van der Waals surface area contributed by atoms with Gasteiger partial charge in [0.2, 0.25) is 0 Å². The molecular formula is C14H16N2O. The molecule has 0 bridgehead atoms. The zero-order valence-electron chi connectivity index (χ0n) is 10.1. The molecule has 3 rings (SSSR count). The van der Waals surface area contributed by atoms with E-state index in [0.717, 1.165) is 22.9 Å². The number of carbonyl (C=O) groups is 1. The maximum atomic E-state index is 12.0. The number of H-pyrrole nitrogens is 1. The highest BCUT2D eigenvalue weighted by atomic mass is 16.1. The number of amides is 1. The lowest BCUT2D eigenvalue weighted by Gasteiger charge is -2.06. The minimum absolute atomic E-state index is 0.0251. The Hall–Kier alpha value is -1.77. The third-order valence-electron chi connectivity index (χ3n) is 3.64. The molecule has 88 valence electrons. The molecule has 1 saturated carbocycles. The van der Waals surface area contributed by atoms with E-state index < -0.39 is 0 Å². The second kappa shape index (κ2) is 3.36. The molecule has 2 aromatic rings. The second-order valence-electron chi connectivity index (χ2n) is 5.50. The summed E-state index contributed by atoms with van der Waals surface area (Å²) in [6.45, 7) is 4.35. The molecule has 17 heavy (non-hydrogen) atoms. The van der Waals surface area contributed by atoms with E-state index in [1.54, 1.807) is 0 Å². The molecule has 2 N–H and O–H groups in total. The highest BCUT2D eigenvalue weighted by Crippen LogP contribution is 2.44. The zero-order chi connectivity index (χ0) is 12.0. The number of aromatic amines is 1. The Kier molecular flexibility index (Phi) is 2.05. The molecule has 3 heteroatoms. The summed E-state index contributed by atoms with van der Waals surface area (Å²) in [4.78, 5) is 15.1. The number of rotatable bonds is 2. The number of fused-ring (bicyclic) bond motifs is 1. The molecule has 3 nitrogen and oxygen atoms in total. The van der Waals surface area contributed by atoms with Crippen LogP contribution in [0.15, 0.2) is 30.5 Å². The third kappa shape index (κ3) is 1.82. The first kappa shape index (κ1) is 10.4. The average molecular weight is 228 g/mol. The first-order valence-electron chi connectivity index (χ1n) is 5.94. The quantitative estimate of drug-likeness (QED) is 0.815. The van der Waals surface area contributed by atoms with Gasteiger partial charge in [0, 0.05) is 23.3 Å². The van der Waals surface area contributed by atoms with Crippen molar-refractivity contribution < 1.29 is 4.79 Å². The van der Waals surface area contributed by atoms with Crippen LogP contribution in [-0.4, -0.2) is 16.9 Å². The van der Waals surface area contributed by atoms with E-state index >= 15 is 0 Å². The molecule has 1 aliphatic rings. The Labute approximate surface area is 100 Å². The van der Waals surface area contributed by atoms with Crippen molar-refractivity contribution in [3.8, 4) is 0 Å². The van der Waals surface area contributed by atoms with Gasteiger partial charge in [0.1, 0.15) is 0 Å². The van der Waals surface area contributed by atoms with Gasteiger partial charge < -0.3 is 10.3 Å². The molecule has 0 radical (unpaired) electrons. The van der Waals surface area contributed by atoms with Gasteiger partial charge in [0.05, 0.1) is 0 Å². The molecule has 1 aromatic heterocycles. The molecule has 0 saturated heterocycles. The van der Waals surface area contributed by atoms with Gasteiger partial charge >= 0.3 is 0 Å². The summed E-state index contributed by atoms with van der Waals surface area (Å²) in [6.07, 6.45) is 2.96. The monoisotopic (exact) mass is 228 g/mol. The van der Waals surface area contributed by atoms with Crippen LogP contribution >= 0.6 is 0 Å². The van der Waals surface area contributed by atoms with Crippen LogP contribution in [0.2, 0.25) is 0 Å². The lowest BCUT2D eigenvalue weighted by Crippen LogP contribution is -2.28.